The SMILES string of the molecule is c1ccncc1.c1cocn1.c1conn1. The van der Waals surface area contributed by atoms with Gasteiger partial charge in [0.05, 0.1) is 12.4 Å². The van der Waals surface area contributed by atoms with Crippen LogP contribution in [-0.2, 0) is 0 Å². The molecule has 0 amide bonds. The third kappa shape index (κ3) is 6.96. The Kier molecular flexibility index (Phi) is 6.56. The van der Waals surface area contributed by atoms with Crippen molar-refractivity contribution < 1.29 is 8.94 Å². The van der Waals surface area contributed by atoms with Crippen molar-refractivity contribution in [1.82, 2.24) is 20.3 Å². The van der Waals surface area contributed by atoms with Gasteiger partial charge in [0.15, 0.2) is 6.39 Å². The van der Waals surface area contributed by atoms with Crippen LogP contribution in [0.15, 0.2) is 70.8 Å². The topological polar surface area (TPSA) is 77.8 Å². The molecule has 0 saturated carbocycles. The summed E-state index contributed by atoms with van der Waals surface area (Å²) in [5.74, 6) is 0. The van der Waals surface area contributed by atoms with Crippen LogP contribution in [0.3, 0.4) is 0 Å². The van der Waals surface area contributed by atoms with E-state index in [0.29, 0.717) is 0 Å². The van der Waals surface area contributed by atoms with Crippen molar-refractivity contribution in [3.63, 3.8) is 0 Å². The molecule has 0 aliphatic carbocycles. The minimum Gasteiger partial charge on any atom is -0.452 e. The maximum atomic E-state index is 4.47. The van der Waals surface area contributed by atoms with Gasteiger partial charge in [0, 0.05) is 17.7 Å². The molecule has 0 fully saturated rings. The van der Waals surface area contributed by atoms with Gasteiger partial charge in [0.25, 0.3) is 0 Å². The highest BCUT2D eigenvalue weighted by atomic mass is 16.5. The number of pyridine rings is 1. The van der Waals surface area contributed by atoms with Crippen molar-refractivity contribution in [1.29, 1.82) is 0 Å². The summed E-state index contributed by atoms with van der Waals surface area (Å²) in [5, 5.41) is 6.40. The first-order chi connectivity index (χ1) is 8.00. The quantitative estimate of drug-likeness (QED) is 0.572. The second kappa shape index (κ2) is 9.07. The summed E-state index contributed by atoms with van der Waals surface area (Å²) in [5.41, 5.74) is 0. The van der Waals surface area contributed by atoms with Crippen molar-refractivity contribution in [3.05, 3.63) is 61.9 Å². The van der Waals surface area contributed by atoms with Crippen LogP contribution in [0.25, 0.3) is 0 Å². The summed E-state index contributed by atoms with van der Waals surface area (Å²) in [6.07, 6.45) is 10.8. The average molecular weight is 218 g/mol. The van der Waals surface area contributed by atoms with E-state index in [1.165, 1.54) is 25.1 Å². The second-order valence-corrected chi connectivity index (χ2v) is 2.29. The molecular formula is C10H10N4O2. The molecule has 3 aromatic rings. The molecule has 0 saturated heterocycles. The maximum absolute atomic E-state index is 4.47. The number of nitrogens with zero attached hydrogens (tertiary/aromatic N) is 4. The van der Waals surface area contributed by atoms with Gasteiger partial charge in [-0.3, -0.25) is 4.98 Å². The van der Waals surface area contributed by atoms with E-state index in [4.69, 9.17) is 0 Å². The lowest BCUT2D eigenvalue weighted by molar-refractivity contribution is 0.393. The summed E-state index contributed by atoms with van der Waals surface area (Å²) in [7, 11) is 0. The van der Waals surface area contributed by atoms with E-state index in [1.807, 2.05) is 18.2 Å². The minimum absolute atomic E-state index is 1.38. The Morgan fingerprint density at radius 1 is 0.750 bits per heavy atom. The lowest BCUT2D eigenvalue weighted by Gasteiger charge is -1.70. The zero-order valence-electron chi connectivity index (χ0n) is 8.38. The molecule has 6 nitrogen and oxygen atoms in total. The highest BCUT2D eigenvalue weighted by molar-refractivity contribution is 4.88. The number of hydrogen-bond acceptors (Lipinski definition) is 6. The first-order valence-electron chi connectivity index (χ1n) is 4.38. The lowest BCUT2D eigenvalue weighted by atomic mass is 10.5. The molecule has 0 unspecified atom stereocenters. The fourth-order valence-electron chi connectivity index (χ4n) is 0.624. The van der Waals surface area contributed by atoms with Gasteiger partial charge < -0.3 is 8.94 Å². The molecule has 0 spiro atoms. The fourth-order valence-corrected chi connectivity index (χ4v) is 0.624. The number of aromatic nitrogens is 4. The summed E-state index contributed by atoms with van der Waals surface area (Å²) in [4.78, 5) is 7.34. The van der Waals surface area contributed by atoms with Gasteiger partial charge in [0.1, 0.15) is 12.5 Å². The van der Waals surface area contributed by atoms with E-state index in [1.54, 1.807) is 18.6 Å². The van der Waals surface area contributed by atoms with Gasteiger partial charge in [-0.25, -0.2) is 4.98 Å². The van der Waals surface area contributed by atoms with E-state index in [-0.39, 0.29) is 0 Å². The third-order valence-electron chi connectivity index (χ3n) is 1.20. The average Bonchev–Trinajstić information content (AvgIpc) is 3.10. The normalized spacial score (nSPS) is 8.00. The van der Waals surface area contributed by atoms with Gasteiger partial charge in [-0.1, -0.05) is 6.07 Å². The summed E-state index contributed by atoms with van der Waals surface area (Å²) in [6.45, 7) is 0. The Hall–Kier alpha value is -2.50. The zero-order chi connectivity index (χ0) is 11.3. The highest BCUT2D eigenvalue weighted by Gasteiger charge is 1.61. The van der Waals surface area contributed by atoms with Gasteiger partial charge in [-0.2, -0.15) is 0 Å². The Balaban J connectivity index is 0.000000121. The van der Waals surface area contributed by atoms with E-state index in [2.05, 4.69) is 29.3 Å². The van der Waals surface area contributed by atoms with E-state index in [9.17, 15) is 0 Å². The van der Waals surface area contributed by atoms with Crippen molar-refractivity contribution in [2.75, 3.05) is 0 Å². The molecule has 3 heterocycles. The maximum Gasteiger partial charge on any atom is 0.180 e. The molecule has 0 aromatic carbocycles. The molecule has 0 atom stereocenters. The van der Waals surface area contributed by atoms with E-state index >= 15 is 0 Å². The predicted octanol–water partition coefficient (Wildman–Crippen LogP) is 1.83. The van der Waals surface area contributed by atoms with Crippen molar-refractivity contribution in [2.24, 2.45) is 0 Å². The first-order valence-corrected chi connectivity index (χ1v) is 4.38. The van der Waals surface area contributed by atoms with Crippen LogP contribution in [0.4, 0.5) is 0 Å². The monoisotopic (exact) mass is 218 g/mol. The summed E-state index contributed by atoms with van der Waals surface area (Å²) < 4.78 is 8.69. The van der Waals surface area contributed by atoms with Crippen LogP contribution in [0, 0.1) is 0 Å². The largest absolute Gasteiger partial charge is 0.452 e. The predicted molar refractivity (Wildman–Crippen MR) is 55.0 cm³/mol. The Morgan fingerprint density at radius 2 is 1.62 bits per heavy atom. The van der Waals surface area contributed by atoms with Gasteiger partial charge in [-0.15, -0.1) is 5.10 Å². The zero-order valence-corrected chi connectivity index (χ0v) is 8.38. The van der Waals surface area contributed by atoms with Crippen LogP contribution < -0.4 is 0 Å². The van der Waals surface area contributed by atoms with Gasteiger partial charge in [-0.05, 0) is 12.1 Å². The number of hydrogen-bond donors (Lipinski definition) is 0. The molecule has 3 rings (SSSR count). The Morgan fingerprint density at radius 3 is 1.81 bits per heavy atom. The van der Waals surface area contributed by atoms with E-state index in [0.717, 1.165) is 0 Å². The fraction of sp³-hybridized carbons (Fsp3) is 0. The van der Waals surface area contributed by atoms with Crippen LogP contribution in [0.2, 0.25) is 0 Å². The molecule has 16 heavy (non-hydrogen) atoms. The standard InChI is InChI=1S/C5H5N.C3H3NO.C2H2N2O/c1-2-4-6-5-3-1;1-2-5-3-4-1;1-2-5-4-3-1/h1-5H;1-3H;1-2H. The minimum atomic E-state index is 1.38. The van der Waals surface area contributed by atoms with Crippen LogP contribution in [0.1, 0.15) is 0 Å². The first kappa shape index (κ1) is 11.6. The van der Waals surface area contributed by atoms with Gasteiger partial charge >= 0.3 is 0 Å². The summed E-state index contributed by atoms with van der Waals surface area (Å²) in [6, 6.07) is 5.72. The molecule has 0 bridgehead atoms. The molecule has 3 aromatic heterocycles. The number of oxazole rings is 1. The van der Waals surface area contributed by atoms with Crippen molar-refractivity contribution >= 4 is 0 Å². The van der Waals surface area contributed by atoms with Crippen LogP contribution >= 0.6 is 0 Å². The smallest absolute Gasteiger partial charge is 0.180 e. The van der Waals surface area contributed by atoms with E-state index < -0.39 is 0 Å². The van der Waals surface area contributed by atoms with Crippen LogP contribution in [0.5, 0.6) is 0 Å². The van der Waals surface area contributed by atoms with Crippen LogP contribution in [-0.4, -0.2) is 20.3 Å². The van der Waals surface area contributed by atoms with Crippen molar-refractivity contribution in [3.8, 4) is 0 Å². The molecule has 82 valence electrons. The summed E-state index contributed by atoms with van der Waals surface area (Å²) >= 11 is 0. The molecule has 0 aliphatic heterocycles. The molecular weight excluding hydrogens is 208 g/mol. The molecule has 6 heteroatoms. The molecule has 0 N–H and O–H groups in total. The molecule has 0 aliphatic rings. The Bertz CT molecular complexity index is 312. The molecule has 0 radical (unpaired) electrons. The lowest BCUT2D eigenvalue weighted by Crippen LogP contribution is -1.58. The second-order valence-electron chi connectivity index (χ2n) is 2.29. The van der Waals surface area contributed by atoms with Crippen molar-refractivity contribution in [2.45, 2.75) is 0 Å². The number of rotatable bonds is 0. The third-order valence-corrected chi connectivity index (χ3v) is 1.20. The highest BCUT2D eigenvalue weighted by Crippen LogP contribution is 1.73. The van der Waals surface area contributed by atoms with Gasteiger partial charge in [0.2, 0.25) is 0 Å². The Labute approximate surface area is 91.9 Å².